The lowest BCUT2D eigenvalue weighted by Gasteiger charge is -2.21. The largest absolute Gasteiger partial charge is 0.268 e. The molecule has 1 heterocycles. The van der Waals surface area contributed by atoms with E-state index in [-0.39, 0.29) is 5.41 Å². The van der Waals surface area contributed by atoms with Gasteiger partial charge in [0.05, 0.1) is 27.9 Å². The van der Waals surface area contributed by atoms with Crippen LogP contribution in [-0.4, -0.2) is 9.78 Å². The fraction of sp³-hybridized carbons (Fsp3) is 0.750. The predicted octanol–water partition coefficient (Wildman–Crippen LogP) is 4.38. The highest BCUT2D eigenvalue weighted by molar-refractivity contribution is 6.31. The number of hydrogen-bond donors (Lipinski definition) is 0. The quantitative estimate of drug-likeness (QED) is 0.808. The Hall–Kier alpha value is -1.01. The monoisotopic (exact) mass is 293 g/mol. The second-order valence-electron chi connectivity index (χ2n) is 5.96. The molecule has 0 radical (unpaired) electrons. The highest BCUT2D eigenvalue weighted by atomic mass is 35.5. The summed E-state index contributed by atoms with van der Waals surface area (Å²) < 4.78 is 1.99. The van der Waals surface area contributed by atoms with Crippen LogP contribution in [0.2, 0.25) is 5.02 Å². The Morgan fingerprint density at radius 1 is 1.45 bits per heavy atom. The Bertz CT molecular complexity index is 515. The molecule has 0 saturated heterocycles. The maximum Gasteiger partial charge on any atom is 0.0850 e. The summed E-state index contributed by atoms with van der Waals surface area (Å²) in [6.07, 6.45) is 5.93. The van der Waals surface area contributed by atoms with E-state index in [0.717, 1.165) is 48.6 Å². The van der Waals surface area contributed by atoms with Crippen molar-refractivity contribution in [3.63, 3.8) is 0 Å². The minimum Gasteiger partial charge on any atom is -0.268 e. The summed E-state index contributed by atoms with van der Waals surface area (Å²) in [7, 11) is 0. The van der Waals surface area contributed by atoms with Crippen LogP contribution in [0.25, 0.3) is 0 Å². The molecule has 1 aliphatic carbocycles. The molecule has 1 saturated carbocycles. The van der Waals surface area contributed by atoms with E-state index in [2.05, 4.69) is 31.9 Å². The summed E-state index contributed by atoms with van der Waals surface area (Å²) in [6, 6.07) is 2.60. The van der Waals surface area contributed by atoms with Crippen molar-refractivity contribution in [3.05, 3.63) is 16.4 Å². The van der Waals surface area contributed by atoms with Crippen LogP contribution in [0.3, 0.4) is 0 Å². The maximum absolute atomic E-state index is 9.69. The first-order valence-corrected chi connectivity index (χ1v) is 8.12. The molecule has 4 heteroatoms. The molecule has 2 atom stereocenters. The van der Waals surface area contributed by atoms with Crippen LogP contribution in [0.5, 0.6) is 0 Å². The zero-order chi connectivity index (χ0) is 14.8. The molecule has 1 aliphatic rings. The molecular weight excluding hydrogens is 270 g/mol. The second-order valence-corrected chi connectivity index (χ2v) is 6.34. The van der Waals surface area contributed by atoms with Crippen molar-refractivity contribution in [2.45, 2.75) is 65.8 Å². The highest BCUT2D eigenvalue weighted by Crippen LogP contribution is 2.45. The van der Waals surface area contributed by atoms with Crippen molar-refractivity contribution in [2.75, 3.05) is 0 Å². The number of halogens is 1. The summed E-state index contributed by atoms with van der Waals surface area (Å²) in [4.78, 5) is 0. The van der Waals surface area contributed by atoms with Gasteiger partial charge in [-0.15, -0.1) is 0 Å². The van der Waals surface area contributed by atoms with Crippen LogP contribution < -0.4 is 0 Å². The first kappa shape index (κ1) is 15.4. The molecule has 1 aromatic rings. The molecule has 0 amide bonds. The molecule has 20 heavy (non-hydrogen) atoms. The van der Waals surface area contributed by atoms with Crippen molar-refractivity contribution in [3.8, 4) is 6.07 Å². The Kier molecular flexibility index (Phi) is 4.75. The van der Waals surface area contributed by atoms with E-state index >= 15 is 0 Å². The lowest BCUT2D eigenvalue weighted by atomic mass is 9.82. The molecular formula is C16H24ClN3. The first-order chi connectivity index (χ1) is 9.59. The van der Waals surface area contributed by atoms with E-state index in [1.165, 1.54) is 12.8 Å². The van der Waals surface area contributed by atoms with Crippen LogP contribution in [0.1, 0.15) is 57.8 Å². The fourth-order valence-electron chi connectivity index (χ4n) is 3.39. The fourth-order valence-corrected chi connectivity index (χ4v) is 3.73. The van der Waals surface area contributed by atoms with Crippen LogP contribution in [0, 0.1) is 22.7 Å². The lowest BCUT2D eigenvalue weighted by Crippen LogP contribution is -2.20. The van der Waals surface area contributed by atoms with Crippen LogP contribution in [0.15, 0.2) is 0 Å². The van der Waals surface area contributed by atoms with Crippen LogP contribution in [0.4, 0.5) is 0 Å². The van der Waals surface area contributed by atoms with Gasteiger partial charge < -0.3 is 0 Å². The van der Waals surface area contributed by atoms with E-state index in [4.69, 9.17) is 11.6 Å². The molecule has 0 spiro atoms. The number of aryl methyl sites for hydroxylation is 2. The third-order valence-corrected chi connectivity index (χ3v) is 5.16. The summed E-state index contributed by atoms with van der Waals surface area (Å²) in [5.41, 5.74) is 1.79. The second kappa shape index (κ2) is 6.18. The van der Waals surface area contributed by atoms with Crippen LogP contribution >= 0.6 is 11.6 Å². The topological polar surface area (TPSA) is 41.6 Å². The Morgan fingerprint density at radius 2 is 2.20 bits per heavy atom. The Balaban J connectivity index is 2.29. The summed E-state index contributed by atoms with van der Waals surface area (Å²) in [6.45, 7) is 7.18. The molecule has 110 valence electrons. The van der Waals surface area contributed by atoms with E-state index in [9.17, 15) is 5.26 Å². The van der Waals surface area contributed by atoms with Gasteiger partial charge in [0.15, 0.2) is 0 Å². The molecule has 1 fully saturated rings. The first-order valence-electron chi connectivity index (χ1n) is 7.74. The Labute approximate surface area is 126 Å². The molecule has 0 aromatic carbocycles. The minimum atomic E-state index is -0.234. The molecule has 0 aliphatic heterocycles. The average Bonchev–Trinajstić information content (AvgIpc) is 3.02. The van der Waals surface area contributed by atoms with E-state index in [1.54, 1.807) is 0 Å². The third kappa shape index (κ3) is 2.72. The smallest absolute Gasteiger partial charge is 0.0850 e. The van der Waals surface area contributed by atoms with Gasteiger partial charge in [-0.25, -0.2) is 0 Å². The van der Waals surface area contributed by atoms with Gasteiger partial charge in [-0.05, 0) is 38.5 Å². The van der Waals surface area contributed by atoms with Crippen LogP contribution in [-0.2, 0) is 19.4 Å². The lowest BCUT2D eigenvalue weighted by molar-refractivity contribution is 0.368. The van der Waals surface area contributed by atoms with Gasteiger partial charge >= 0.3 is 0 Å². The molecule has 0 N–H and O–H groups in total. The van der Waals surface area contributed by atoms with Crippen molar-refractivity contribution < 1.29 is 0 Å². The van der Waals surface area contributed by atoms with Gasteiger partial charge in [0, 0.05) is 13.0 Å². The van der Waals surface area contributed by atoms with Gasteiger partial charge in [0.2, 0.25) is 0 Å². The highest BCUT2D eigenvalue weighted by Gasteiger charge is 2.40. The summed E-state index contributed by atoms with van der Waals surface area (Å²) >= 11 is 6.48. The zero-order valence-electron chi connectivity index (χ0n) is 12.7. The third-order valence-electron chi connectivity index (χ3n) is 4.73. The average molecular weight is 294 g/mol. The predicted molar refractivity (Wildman–Crippen MR) is 81.7 cm³/mol. The number of rotatable bonds is 5. The van der Waals surface area contributed by atoms with Crippen molar-refractivity contribution in [2.24, 2.45) is 11.3 Å². The van der Waals surface area contributed by atoms with Gasteiger partial charge in [-0.3, -0.25) is 4.68 Å². The van der Waals surface area contributed by atoms with Gasteiger partial charge in [-0.2, -0.15) is 10.4 Å². The molecule has 2 unspecified atom stereocenters. The number of hydrogen-bond acceptors (Lipinski definition) is 2. The van der Waals surface area contributed by atoms with E-state index in [0.29, 0.717) is 5.92 Å². The minimum absolute atomic E-state index is 0.234. The number of nitrogens with zero attached hydrogens (tertiary/aromatic N) is 3. The Morgan fingerprint density at radius 3 is 2.70 bits per heavy atom. The van der Waals surface area contributed by atoms with Crippen molar-refractivity contribution in [1.29, 1.82) is 5.26 Å². The van der Waals surface area contributed by atoms with E-state index < -0.39 is 0 Å². The molecule has 1 aromatic heterocycles. The standard InChI is InChI=1S/C16H24ClN3/c1-4-12-7-8-16(9-12,11-18)10-14-15(17)13(5-2)19-20(14)6-3/h12H,4-10H2,1-3H3. The van der Waals surface area contributed by atoms with Gasteiger partial charge in [-0.1, -0.05) is 31.9 Å². The SMILES string of the molecule is CCc1nn(CC)c(CC2(C#N)CCC(CC)C2)c1Cl. The van der Waals surface area contributed by atoms with E-state index in [1.807, 2.05) is 4.68 Å². The van der Waals surface area contributed by atoms with Crippen molar-refractivity contribution >= 4 is 11.6 Å². The molecule has 2 rings (SSSR count). The zero-order valence-corrected chi connectivity index (χ0v) is 13.5. The maximum atomic E-state index is 9.69. The normalized spacial score (nSPS) is 25.9. The van der Waals surface area contributed by atoms with Gasteiger partial charge in [0.25, 0.3) is 0 Å². The molecule has 3 nitrogen and oxygen atoms in total. The summed E-state index contributed by atoms with van der Waals surface area (Å²) in [5, 5.41) is 15.0. The van der Waals surface area contributed by atoms with Crippen molar-refractivity contribution in [1.82, 2.24) is 9.78 Å². The number of nitriles is 1. The molecule has 0 bridgehead atoms. The number of aromatic nitrogens is 2. The summed E-state index contributed by atoms with van der Waals surface area (Å²) in [5.74, 6) is 0.692. The van der Waals surface area contributed by atoms with Gasteiger partial charge in [0.1, 0.15) is 0 Å².